The smallest absolute Gasteiger partial charge is 0.262 e. The summed E-state index contributed by atoms with van der Waals surface area (Å²) >= 11 is 6.80. The minimum Gasteiger partial charge on any atom is -0.354 e. The molecule has 2 N–H and O–H groups in total. The molecule has 2 aromatic rings. The second-order valence-corrected chi connectivity index (χ2v) is 6.87. The van der Waals surface area contributed by atoms with Crippen LogP contribution in [0.15, 0.2) is 40.6 Å². The van der Waals surface area contributed by atoms with Crippen molar-refractivity contribution in [1.29, 1.82) is 0 Å². The zero-order chi connectivity index (χ0) is 14.8. The van der Waals surface area contributed by atoms with E-state index in [1.807, 2.05) is 0 Å². The SMILES string of the molecule is CNC(=O)c1cc(S(=O)(=O)Nc2ccc(Cl)cc2)cs1. The number of sulfonamides is 1. The van der Waals surface area contributed by atoms with Gasteiger partial charge in [0, 0.05) is 23.1 Å². The van der Waals surface area contributed by atoms with Gasteiger partial charge in [-0.3, -0.25) is 9.52 Å². The summed E-state index contributed by atoms with van der Waals surface area (Å²) in [6, 6.07) is 7.63. The van der Waals surface area contributed by atoms with Crippen molar-refractivity contribution in [2.45, 2.75) is 4.90 Å². The van der Waals surface area contributed by atoms with Crippen LogP contribution in [0, 0.1) is 0 Å². The van der Waals surface area contributed by atoms with Crippen molar-refractivity contribution in [1.82, 2.24) is 5.32 Å². The van der Waals surface area contributed by atoms with Crippen LogP contribution in [0.1, 0.15) is 9.67 Å². The van der Waals surface area contributed by atoms with Gasteiger partial charge in [-0.15, -0.1) is 11.3 Å². The van der Waals surface area contributed by atoms with E-state index < -0.39 is 10.0 Å². The largest absolute Gasteiger partial charge is 0.354 e. The van der Waals surface area contributed by atoms with Gasteiger partial charge in [-0.25, -0.2) is 8.42 Å². The molecular weight excluding hydrogens is 320 g/mol. The lowest BCUT2D eigenvalue weighted by Crippen LogP contribution is -2.16. The van der Waals surface area contributed by atoms with Gasteiger partial charge in [0.05, 0.1) is 9.77 Å². The van der Waals surface area contributed by atoms with Crippen LogP contribution in [-0.4, -0.2) is 21.4 Å². The minimum atomic E-state index is -3.71. The van der Waals surface area contributed by atoms with Crippen LogP contribution in [0.4, 0.5) is 5.69 Å². The summed E-state index contributed by atoms with van der Waals surface area (Å²) in [5.41, 5.74) is 0.405. The van der Waals surface area contributed by atoms with E-state index in [-0.39, 0.29) is 10.8 Å². The molecule has 0 saturated heterocycles. The van der Waals surface area contributed by atoms with Crippen LogP contribution >= 0.6 is 22.9 Å². The summed E-state index contributed by atoms with van der Waals surface area (Å²) in [4.78, 5) is 11.8. The van der Waals surface area contributed by atoms with Gasteiger partial charge in [-0.1, -0.05) is 11.6 Å². The second-order valence-electron chi connectivity index (χ2n) is 3.84. The quantitative estimate of drug-likeness (QED) is 0.904. The number of nitrogens with one attached hydrogen (secondary N) is 2. The number of rotatable bonds is 4. The molecule has 106 valence electrons. The zero-order valence-corrected chi connectivity index (χ0v) is 12.8. The summed E-state index contributed by atoms with van der Waals surface area (Å²) in [5.74, 6) is -0.317. The van der Waals surface area contributed by atoms with Gasteiger partial charge in [0.1, 0.15) is 0 Å². The molecular formula is C12H11ClN2O3S2. The highest BCUT2D eigenvalue weighted by molar-refractivity contribution is 7.92. The Kier molecular flexibility index (Phi) is 4.32. The number of amides is 1. The fraction of sp³-hybridized carbons (Fsp3) is 0.0833. The van der Waals surface area contributed by atoms with Crippen LogP contribution in [-0.2, 0) is 10.0 Å². The van der Waals surface area contributed by atoms with Crippen molar-refractivity contribution in [2.75, 3.05) is 11.8 Å². The maximum absolute atomic E-state index is 12.1. The fourth-order valence-corrected chi connectivity index (χ4v) is 3.84. The summed E-state index contributed by atoms with van der Waals surface area (Å²) in [5, 5.41) is 4.38. The number of benzene rings is 1. The Hall–Kier alpha value is -1.57. The molecule has 1 aromatic carbocycles. The Morgan fingerprint density at radius 2 is 1.90 bits per heavy atom. The standard InChI is InChI=1S/C12H11ClN2O3S2/c1-14-12(16)11-6-10(7-19-11)20(17,18)15-9-4-2-8(13)3-5-9/h2-7,15H,1H3,(H,14,16). The van der Waals surface area contributed by atoms with E-state index >= 15 is 0 Å². The van der Waals surface area contributed by atoms with Gasteiger partial charge in [0.15, 0.2) is 0 Å². The molecule has 1 heterocycles. The molecule has 8 heteroatoms. The Bertz CT molecular complexity index is 723. The van der Waals surface area contributed by atoms with Crippen LogP contribution in [0.25, 0.3) is 0 Å². The molecule has 0 radical (unpaired) electrons. The van der Waals surface area contributed by atoms with Crippen molar-refractivity contribution in [3.63, 3.8) is 0 Å². The first-order valence-corrected chi connectivity index (χ1v) is 8.25. The summed E-state index contributed by atoms with van der Waals surface area (Å²) in [7, 11) is -2.22. The first-order valence-electron chi connectivity index (χ1n) is 5.51. The minimum absolute atomic E-state index is 0.0519. The lowest BCUT2D eigenvalue weighted by Gasteiger charge is -2.06. The second kappa shape index (κ2) is 5.82. The highest BCUT2D eigenvalue weighted by Gasteiger charge is 2.18. The van der Waals surface area contributed by atoms with E-state index in [9.17, 15) is 13.2 Å². The molecule has 1 amide bonds. The molecule has 0 aliphatic rings. The number of anilines is 1. The lowest BCUT2D eigenvalue weighted by atomic mass is 10.3. The number of thiophene rings is 1. The molecule has 0 fully saturated rings. The summed E-state index contributed by atoms with van der Waals surface area (Å²) in [6.45, 7) is 0. The fourth-order valence-electron chi connectivity index (χ4n) is 1.43. The molecule has 0 atom stereocenters. The molecule has 2 rings (SSSR count). The van der Waals surface area contributed by atoms with Crippen LogP contribution in [0.2, 0.25) is 5.02 Å². The third-order valence-corrected chi connectivity index (χ3v) is 5.12. The van der Waals surface area contributed by atoms with Crippen molar-refractivity contribution < 1.29 is 13.2 Å². The lowest BCUT2D eigenvalue weighted by molar-refractivity contribution is 0.0967. The predicted molar refractivity (Wildman–Crippen MR) is 80.0 cm³/mol. The number of hydrogen-bond donors (Lipinski definition) is 2. The number of halogens is 1. The molecule has 0 unspecified atom stereocenters. The van der Waals surface area contributed by atoms with Crippen LogP contribution in [0.3, 0.4) is 0 Å². The number of carbonyl (C=O) groups excluding carboxylic acids is 1. The highest BCUT2D eigenvalue weighted by Crippen LogP contribution is 2.22. The van der Waals surface area contributed by atoms with Crippen molar-refractivity contribution in [2.24, 2.45) is 0 Å². The van der Waals surface area contributed by atoms with Crippen molar-refractivity contribution in [3.8, 4) is 0 Å². The topological polar surface area (TPSA) is 75.3 Å². The zero-order valence-electron chi connectivity index (χ0n) is 10.4. The van der Waals surface area contributed by atoms with E-state index in [1.165, 1.54) is 18.5 Å². The molecule has 0 spiro atoms. The Balaban J connectivity index is 2.24. The van der Waals surface area contributed by atoms with E-state index in [0.29, 0.717) is 15.6 Å². The molecule has 20 heavy (non-hydrogen) atoms. The maximum atomic E-state index is 12.1. The van der Waals surface area contributed by atoms with Gasteiger partial charge >= 0.3 is 0 Å². The molecule has 5 nitrogen and oxygen atoms in total. The molecule has 0 bridgehead atoms. The normalized spacial score (nSPS) is 11.1. The van der Waals surface area contributed by atoms with E-state index in [4.69, 9.17) is 11.6 Å². The van der Waals surface area contributed by atoms with Crippen molar-refractivity contribution >= 4 is 44.6 Å². The molecule has 0 aliphatic carbocycles. The Morgan fingerprint density at radius 1 is 1.25 bits per heavy atom. The third-order valence-electron chi connectivity index (χ3n) is 2.43. The number of carbonyl (C=O) groups is 1. The molecule has 0 saturated carbocycles. The number of hydrogen-bond acceptors (Lipinski definition) is 4. The van der Waals surface area contributed by atoms with Crippen LogP contribution in [0.5, 0.6) is 0 Å². The van der Waals surface area contributed by atoms with Crippen LogP contribution < -0.4 is 10.0 Å². The summed E-state index contributed by atoms with van der Waals surface area (Å²) < 4.78 is 26.7. The van der Waals surface area contributed by atoms with Gasteiger partial charge in [-0.2, -0.15) is 0 Å². The van der Waals surface area contributed by atoms with Gasteiger partial charge in [0.2, 0.25) is 0 Å². The average molecular weight is 331 g/mol. The predicted octanol–water partition coefficient (Wildman–Crippen LogP) is 2.56. The Labute approximate surface area is 125 Å². The monoisotopic (exact) mass is 330 g/mol. The Morgan fingerprint density at radius 3 is 2.50 bits per heavy atom. The summed E-state index contributed by atoms with van der Waals surface area (Å²) in [6.07, 6.45) is 0. The molecule has 0 aliphatic heterocycles. The van der Waals surface area contributed by atoms with Gasteiger partial charge in [0.25, 0.3) is 15.9 Å². The first kappa shape index (κ1) is 14.8. The van der Waals surface area contributed by atoms with Gasteiger partial charge < -0.3 is 5.32 Å². The van der Waals surface area contributed by atoms with Crippen molar-refractivity contribution in [3.05, 3.63) is 45.6 Å². The average Bonchev–Trinajstić information content (AvgIpc) is 2.91. The van der Waals surface area contributed by atoms with Gasteiger partial charge in [-0.05, 0) is 30.3 Å². The highest BCUT2D eigenvalue weighted by atomic mass is 35.5. The van der Waals surface area contributed by atoms with E-state index in [2.05, 4.69) is 10.0 Å². The maximum Gasteiger partial charge on any atom is 0.262 e. The molecule has 1 aromatic heterocycles. The van der Waals surface area contributed by atoms with E-state index in [0.717, 1.165) is 11.3 Å². The third kappa shape index (κ3) is 3.30. The first-order chi connectivity index (χ1) is 9.42. The van der Waals surface area contributed by atoms with E-state index in [1.54, 1.807) is 24.3 Å².